The van der Waals surface area contributed by atoms with Crippen LogP contribution < -0.4 is 4.74 Å². The predicted octanol–water partition coefficient (Wildman–Crippen LogP) is 2.02. The monoisotopic (exact) mass is 398 g/mol. The summed E-state index contributed by atoms with van der Waals surface area (Å²) in [6, 6.07) is 10.6. The van der Waals surface area contributed by atoms with Crippen LogP contribution in [0.1, 0.15) is 17.2 Å². The lowest BCUT2D eigenvalue weighted by atomic mass is 9.94. The van der Waals surface area contributed by atoms with Gasteiger partial charge in [0.15, 0.2) is 0 Å². The molecule has 9 heteroatoms. The molecular formula is C20H18N2O7. The molecule has 0 aliphatic carbocycles. The first-order chi connectivity index (χ1) is 13.9. The highest BCUT2D eigenvalue weighted by atomic mass is 16.6. The lowest BCUT2D eigenvalue weighted by Gasteiger charge is -2.24. The molecule has 1 unspecified atom stereocenters. The van der Waals surface area contributed by atoms with Crippen LogP contribution in [0.3, 0.4) is 0 Å². The molecule has 29 heavy (non-hydrogen) atoms. The molecule has 0 bridgehead atoms. The van der Waals surface area contributed by atoms with E-state index in [1.165, 1.54) is 43.5 Å². The first kappa shape index (κ1) is 20.0. The highest BCUT2D eigenvalue weighted by Gasteiger charge is 2.47. The number of methoxy groups -OCH3 is 1. The van der Waals surface area contributed by atoms with Crippen molar-refractivity contribution in [1.82, 2.24) is 4.90 Å². The Kier molecular flexibility index (Phi) is 5.60. The number of likely N-dealkylation sites (tertiary alicyclic amines) is 1. The standard InChI is InChI=1S/C20H18N2O7/c1-29-13-8-6-12(7-9-13)18(24)16-17(21(10-11-23)20(26)19(16)25)14-4-2-3-5-15(14)22(27)28/h2-9,17,23-24H,10-11H2,1H3. The molecular weight excluding hydrogens is 380 g/mol. The Hall–Kier alpha value is -3.72. The van der Waals surface area contributed by atoms with Gasteiger partial charge < -0.3 is 19.8 Å². The first-order valence-electron chi connectivity index (χ1n) is 8.67. The van der Waals surface area contributed by atoms with Gasteiger partial charge in [-0.2, -0.15) is 0 Å². The summed E-state index contributed by atoms with van der Waals surface area (Å²) in [5, 5.41) is 31.7. The zero-order valence-electron chi connectivity index (χ0n) is 15.4. The Labute approximate surface area is 165 Å². The number of hydrogen-bond acceptors (Lipinski definition) is 7. The van der Waals surface area contributed by atoms with Crippen molar-refractivity contribution in [3.8, 4) is 5.75 Å². The number of nitro groups is 1. The van der Waals surface area contributed by atoms with Gasteiger partial charge in [-0.3, -0.25) is 19.7 Å². The second kappa shape index (κ2) is 8.11. The Bertz CT molecular complexity index is 998. The number of Topliss-reactive ketones (excluding diaryl/α,β-unsaturated/α-hetero) is 1. The topological polar surface area (TPSA) is 130 Å². The molecule has 0 spiro atoms. The van der Waals surface area contributed by atoms with Gasteiger partial charge in [-0.15, -0.1) is 0 Å². The molecule has 1 atom stereocenters. The van der Waals surface area contributed by atoms with E-state index < -0.39 is 35.0 Å². The average molecular weight is 398 g/mol. The number of ether oxygens (including phenoxy) is 1. The van der Waals surface area contributed by atoms with Crippen LogP contribution in [0.4, 0.5) is 5.69 Å². The fourth-order valence-electron chi connectivity index (χ4n) is 3.33. The zero-order valence-corrected chi connectivity index (χ0v) is 15.4. The summed E-state index contributed by atoms with van der Waals surface area (Å²) >= 11 is 0. The number of aliphatic hydroxyl groups excluding tert-OH is 2. The van der Waals surface area contributed by atoms with Crippen LogP contribution in [0.5, 0.6) is 5.75 Å². The second-order valence-corrected chi connectivity index (χ2v) is 6.26. The number of β-amino-alcohol motifs (C(OH)–C–C–N with tert-alkyl or cyclic N) is 1. The van der Waals surface area contributed by atoms with E-state index in [-0.39, 0.29) is 28.9 Å². The molecule has 0 radical (unpaired) electrons. The Morgan fingerprint density at radius 3 is 2.41 bits per heavy atom. The summed E-state index contributed by atoms with van der Waals surface area (Å²) in [4.78, 5) is 37.1. The molecule has 1 heterocycles. The van der Waals surface area contributed by atoms with Crippen molar-refractivity contribution >= 4 is 23.1 Å². The lowest BCUT2D eigenvalue weighted by Crippen LogP contribution is -2.32. The van der Waals surface area contributed by atoms with Crippen molar-refractivity contribution in [3.63, 3.8) is 0 Å². The third kappa shape index (κ3) is 3.55. The predicted molar refractivity (Wildman–Crippen MR) is 102 cm³/mol. The van der Waals surface area contributed by atoms with E-state index in [0.717, 1.165) is 4.90 Å². The van der Waals surface area contributed by atoms with Gasteiger partial charge >= 0.3 is 0 Å². The number of amides is 1. The fraction of sp³-hybridized carbons (Fsp3) is 0.200. The summed E-state index contributed by atoms with van der Waals surface area (Å²) in [6.45, 7) is -0.673. The van der Waals surface area contributed by atoms with E-state index in [0.29, 0.717) is 5.75 Å². The minimum absolute atomic E-state index is 0.0696. The summed E-state index contributed by atoms with van der Waals surface area (Å²) in [5.41, 5.74) is -0.262. The van der Waals surface area contributed by atoms with Gasteiger partial charge in [0.1, 0.15) is 11.5 Å². The molecule has 150 valence electrons. The third-order valence-electron chi connectivity index (χ3n) is 4.67. The smallest absolute Gasteiger partial charge is 0.295 e. The van der Waals surface area contributed by atoms with E-state index in [4.69, 9.17) is 4.74 Å². The Balaban J connectivity index is 2.23. The number of hydrogen-bond donors (Lipinski definition) is 2. The Morgan fingerprint density at radius 2 is 1.83 bits per heavy atom. The molecule has 1 aliphatic heterocycles. The van der Waals surface area contributed by atoms with Crippen LogP contribution in [0.2, 0.25) is 0 Å². The number of ketones is 1. The largest absolute Gasteiger partial charge is 0.507 e. The van der Waals surface area contributed by atoms with Crippen molar-refractivity contribution in [2.24, 2.45) is 0 Å². The van der Waals surface area contributed by atoms with Crippen LogP contribution >= 0.6 is 0 Å². The maximum Gasteiger partial charge on any atom is 0.295 e. The first-order valence-corrected chi connectivity index (χ1v) is 8.67. The van der Waals surface area contributed by atoms with Crippen molar-refractivity contribution in [2.45, 2.75) is 6.04 Å². The van der Waals surface area contributed by atoms with E-state index in [2.05, 4.69) is 0 Å². The van der Waals surface area contributed by atoms with Gasteiger partial charge in [-0.25, -0.2) is 0 Å². The van der Waals surface area contributed by atoms with E-state index in [1.807, 2.05) is 0 Å². The number of rotatable bonds is 6. The van der Waals surface area contributed by atoms with Crippen LogP contribution in [0.25, 0.3) is 5.76 Å². The molecule has 2 aromatic rings. The fourth-order valence-corrected chi connectivity index (χ4v) is 3.33. The summed E-state index contributed by atoms with van der Waals surface area (Å²) in [6.07, 6.45) is 0. The molecule has 1 fully saturated rings. The van der Waals surface area contributed by atoms with Gasteiger partial charge in [-0.1, -0.05) is 12.1 Å². The normalized spacial score (nSPS) is 18.1. The number of carbonyl (C=O) groups is 2. The molecule has 2 N–H and O–H groups in total. The average Bonchev–Trinajstić information content (AvgIpc) is 2.98. The number of benzene rings is 2. The van der Waals surface area contributed by atoms with Gasteiger partial charge in [0.05, 0.1) is 35.8 Å². The summed E-state index contributed by atoms with van der Waals surface area (Å²) < 4.78 is 5.06. The highest BCUT2D eigenvalue weighted by molar-refractivity contribution is 6.46. The van der Waals surface area contributed by atoms with Crippen LogP contribution in [-0.2, 0) is 9.59 Å². The number of para-hydroxylation sites is 1. The number of nitrogens with zero attached hydrogens (tertiary/aromatic N) is 2. The second-order valence-electron chi connectivity index (χ2n) is 6.26. The van der Waals surface area contributed by atoms with E-state index >= 15 is 0 Å². The van der Waals surface area contributed by atoms with Crippen LogP contribution in [-0.4, -0.2) is 52.0 Å². The molecule has 9 nitrogen and oxygen atoms in total. The van der Waals surface area contributed by atoms with E-state index in [1.54, 1.807) is 12.1 Å². The van der Waals surface area contributed by atoms with Gasteiger partial charge in [0, 0.05) is 18.2 Å². The summed E-state index contributed by atoms with van der Waals surface area (Å²) in [5.74, 6) is -1.86. The quantitative estimate of drug-likeness (QED) is 0.250. The van der Waals surface area contributed by atoms with Gasteiger partial charge in [0.25, 0.3) is 17.4 Å². The highest BCUT2D eigenvalue weighted by Crippen LogP contribution is 2.42. The van der Waals surface area contributed by atoms with E-state index in [9.17, 15) is 29.9 Å². The number of aliphatic hydroxyl groups is 2. The summed E-state index contributed by atoms with van der Waals surface area (Å²) in [7, 11) is 1.48. The van der Waals surface area contributed by atoms with Gasteiger partial charge in [-0.05, 0) is 30.3 Å². The maximum atomic E-state index is 12.7. The molecule has 1 aliphatic rings. The molecule has 0 aromatic heterocycles. The van der Waals surface area contributed by atoms with Crippen molar-refractivity contribution < 1.29 is 29.5 Å². The molecule has 0 saturated carbocycles. The molecule has 3 rings (SSSR count). The molecule has 2 aromatic carbocycles. The van der Waals surface area contributed by atoms with Crippen LogP contribution in [0.15, 0.2) is 54.1 Å². The maximum absolute atomic E-state index is 12.7. The number of carbonyl (C=O) groups excluding carboxylic acids is 2. The van der Waals surface area contributed by atoms with Crippen molar-refractivity contribution in [2.75, 3.05) is 20.3 Å². The van der Waals surface area contributed by atoms with Crippen molar-refractivity contribution in [3.05, 3.63) is 75.3 Å². The van der Waals surface area contributed by atoms with Crippen molar-refractivity contribution in [1.29, 1.82) is 0 Å². The minimum Gasteiger partial charge on any atom is -0.507 e. The Morgan fingerprint density at radius 1 is 1.17 bits per heavy atom. The number of nitro benzene ring substituents is 1. The minimum atomic E-state index is -1.20. The van der Waals surface area contributed by atoms with Gasteiger partial charge in [0.2, 0.25) is 0 Å². The third-order valence-corrected chi connectivity index (χ3v) is 4.67. The molecule has 1 saturated heterocycles. The zero-order chi connectivity index (χ0) is 21.1. The SMILES string of the molecule is COc1ccc(C(O)=C2C(=O)C(=O)N(CCO)C2c2ccccc2[N+](=O)[O-])cc1. The molecule has 1 amide bonds. The lowest BCUT2D eigenvalue weighted by molar-refractivity contribution is -0.385. The van der Waals surface area contributed by atoms with Crippen LogP contribution in [0, 0.1) is 10.1 Å².